The molecule has 0 spiro atoms. The summed E-state index contributed by atoms with van der Waals surface area (Å²) in [5.74, 6) is -0.409. The van der Waals surface area contributed by atoms with Gasteiger partial charge in [-0.3, -0.25) is 9.78 Å². The van der Waals surface area contributed by atoms with Crippen molar-refractivity contribution in [1.29, 1.82) is 0 Å². The second kappa shape index (κ2) is 9.50. The summed E-state index contributed by atoms with van der Waals surface area (Å²) in [7, 11) is 1.66. The number of hydrogen-bond acceptors (Lipinski definition) is 8. The predicted molar refractivity (Wildman–Crippen MR) is 112 cm³/mol. The number of fused-ring (bicyclic) bond motifs is 1. The molecule has 0 radical (unpaired) electrons. The number of imidazole rings is 1. The number of ether oxygens (including phenoxy) is 2. The lowest BCUT2D eigenvalue weighted by Gasteiger charge is -2.09. The van der Waals surface area contributed by atoms with Crippen molar-refractivity contribution in [2.45, 2.75) is 32.8 Å². The highest BCUT2D eigenvalue weighted by atomic mass is 19.1. The molecule has 11 heteroatoms. The zero-order valence-electron chi connectivity index (χ0n) is 17.7. The maximum Gasteiger partial charge on any atom is 0.311 e. The van der Waals surface area contributed by atoms with E-state index in [1.54, 1.807) is 31.3 Å². The minimum absolute atomic E-state index is 0.0792. The van der Waals surface area contributed by atoms with Crippen molar-refractivity contribution < 1.29 is 18.7 Å². The van der Waals surface area contributed by atoms with Gasteiger partial charge >= 0.3 is 12.0 Å². The molecule has 0 aliphatic rings. The molecule has 3 heterocycles. The quantitative estimate of drug-likeness (QED) is 0.289. The van der Waals surface area contributed by atoms with E-state index >= 15 is 0 Å². The third-order valence-electron chi connectivity index (χ3n) is 4.68. The Kier molecular flexibility index (Phi) is 6.34. The van der Waals surface area contributed by atoms with E-state index < -0.39 is 5.82 Å². The standard InChI is InChI=1S/C21H22FN7O3/c1-3-4-10-31-19(30)12-15-6-5-7-16(23-15)13-32-21-24-17-9-8-14(22)11-18(17)29(21)20-25-26-27-28(20)2/h5-9,11H,3-4,10,12-13H2,1-2H3. The Morgan fingerprint density at radius 2 is 2.00 bits per heavy atom. The van der Waals surface area contributed by atoms with Gasteiger partial charge in [0.2, 0.25) is 0 Å². The van der Waals surface area contributed by atoms with Gasteiger partial charge in [0.15, 0.2) is 0 Å². The molecular formula is C21H22FN7O3. The number of carbonyl (C=O) groups excluding carboxylic acids is 1. The van der Waals surface area contributed by atoms with Crippen molar-refractivity contribution in [2.24, 2.45) is 7.05 Å². The van der Waals surface area contributed by atoms with Crippen LogP contribution in [0.25, 0.3) is 17.0 Å². The number of aryl methyl sites for hydroxylation is 1. The summed E-state index contributed by atoms with van der Waals surface area (Å²) in [6, 6.07) is 9.74. The first-order valence-electron chi connectivity index (χ1n) is 10.2. The third kappa shape index (κ3) is 4.71. The first-order chi connectivity index (χ1) is 15.5. The molecule has 0 amide bonds. The molecule has 10 nitrogen and oxygen atoms in total. The maximum atomic E-state index is 13.9. The van der Waals surface area contributed by atoms with Gasteiger partial charge in [0.05, 0.1) is 35.4 Å². The van der Waals surface area contributed by atoms with Crippen LogP contribution in [-0.4, -0.2) is 47.3 Å². The minimum Gasteiger partial charge on any atom is -0.465 e. The van der Waals surface area contributed by atoms with Crippen LogP contribution >= 0.6 is 0 Å². The number of halogens is 1. The minimum atomic E-state index is -0.416. The molecule has 3 aromatic heterocycles. The fourth-order valence-corrected chi connectivity index (χ4v) is 3.11. The van der Waals surface area contributed by atoms with Crippen LogP contribution < -0.4 is 4.74 Å². The molecule has 0 bridgehead atoms. The molecule has 0 saturated carbocycles. The monoisotopic (exact) mass is 439 g/mol. The van der Waals surface area contributed by atoms with Crippen LogP contribution in [0, 0.1) is 5.82 Å². The van der Waals surface area contributed by atoms with Gasteiger partial charge in [0.25, 0.3) is 5.95 Å². The number of esters is 1. The molecular weight excluding hydrogens is 417 g/mol. The van der Waals surface area contributed by atoms with E-state index in [0.29, 0.717) is 35.0 Å². The van der Waals surface area contributed by atoms with Gasteiger partial charge in [-0.25, -0.2) is 13.6 Å². The highest BCUT2D eigenvalue weighted by Gasteiger charge is 2.19. The highest BCUT2D eigenvalue weighted by Crippen LogP contribution is 2.26. The van der Waals surface area contributed by atoms with E-state index in [4.69, 9.17) is 9.47 Å². The van der Waals surface area contributed by atoms with Crippen molar-refractivity contribution in [3.05, 3.63) is 53.6 Å². The fourth-order valence-electron chi connectivity index (χ4n) is 3.11. The number of rotatable bonds is 9. The number of tetrazole rings is 1. The summed E-state index contributed by atoms with van der Waals surface area (Å²) in [5.41, 5.74) is 2.18. The van der Waals surface area contributed by atoms with E-state index in [9.17, 15) is 9.18 Å². The number of nitrogens with zero attached hydrogens (tertiary/aromatic N) is 7. The van der Waals surface area contributed by atoms with Gasteiger partial charge in [0.1, 0.15) is 12.4 Å². The Balaban J connectivity index is 1.54. The molecule has 0 aliphatic heterocycles. The topological polar surface area (TPSA) is 110 Å². The Morgan fingerprint density at radius 1 is 1.16 bits per heavy atom. The van der Waals surface area contributed by atoms with Gasteiger partial charge < -0.3 is 9.47 Å². The van der Waals surface area contributed by atoms with E-state index in [2.05, 4.69) is 25.5 Å². The Labute approximate surface area is 183 Å². The van der Waals surface area contributed by atoms with Crippen molar-refractivity contribution in [1.82, 2.24) is 34.7 Å². The summed E-state index contributed by atoms with van der Waals surface area (Å²) in [4.78, 5) is 20.9. The Hall–Kier alpha value is -3.89. The maximum absolute atomic E-state index is 13.9. The summed E-state index contributed by atoms with van der Waals surface area (Å²) < 4.78 is 27.9. The lowest BCUT2D eigenvalue weighted by Crippen LogP contribution is -2.12. The van der Waals surface area contributed by atoms with Crippen LogP contribution in [0.15, 0.2) is 36.4 Å². The van der Waals surface area contributed by atoms with Crippen LogP contribution in [0.1, 0.15) is 31.2 Å². The van der Waals surface area contributed by atoms with Gasteiger partial charge in [-0.1, -0.05) is 24.5 Å². The summed E-state index contributed by atoms with van der Waals surface area (Å²) in [6.45, 7) is 2.52. The Bertz CT molecular complexity index is 1240. The number of pyridine rings is 1. The van der Waals surface area contributed by atoms with Crippen LogP contribution in [-0.2, 0) is 29.6 Å². The molecule has 0 unspecified atom stereocenters. The molecule has 166 valence electrons. The third-order valence-corrected chi connectivity index (χ3v) is 4.68. The summed E-state index contributed by atoms with van der Waals surface area (Å²) in [6.07, 6.45) is 1.87. The molecule has 0 aliphatic carbocycles. The van der Waals surface area contributed by atoms with Crippen molar-refractivity contribution in [3.8, 4) is 12.0 Å². The number of carbonyl (C=O) groups is 1. The number of hydrogen-bond donors (Lipinski definition) is 0. The van der Waals surface area contributed by atoms with Gasteiger partial charge in [-0.2, -0.15) is 4.98 Å². The predicted octanol–water partition coefficient (Wildman–Crippen LogP) is 2.55. The second-order valence-electron chi connectivity index (χ2n) is 7.13. The van der Waals surface area contributed by atoms with Crippen LogP contribution in [0.5, 0.6) is 6.01 Å². The van der Waals surface area contributed by atoms with Crippen LogP contribution in [0.2, 0.25) is 0 Å². The van der Waals surface area contributed by atoms with Crippen LogP contribution in [0.4, 0.5) is 4.39 Å². The average Bonchev–Trinajstić information content (AvgIpc) is 3.34. The SMILES string of the molecule is CCCCOC(=O)Cc1cccc(COc2nc3ccc(F)cc3n2-c2nnnn2C)n1. The van der Waals surface area contributed by atoms with Crippen molar-refractivity contribution >= 4 is 17.0 Å². The molecule has 0 atom stereocenters. The molecule has 0 saturated heterocycles. The number of aromatic nitrogens is 7. The van der Waals surface area contributed by atoms with E-state index in [-0.39, 0.29) is 25.0 Å². The average molecular weight is 439 g/mol. The molecule has 32 heavy (non-hydrogen) atoms. The van der Waals surface area contributed by atoms with Gasteiger partial charge in [0, 0.05) is 13.1 Å². The molecule has 0 N–H and O–H groups in total. The number of unbranched alkanes of at least 4 members (excludes halogenated alkanes) is 1. The van der Waals surface area contributed by atoms with Gasteiger partial charge in [-0.05, 0) is 41.1 Å². The lowest BCUT2D eigenvalue weighted by molar-refractivity contribution is -0.143. The fraction of sp³-hybridized carbons (Fsp3) is 0.333. The smallest absolute Gasteiger partial charge is 0.311 e. The first kappa shape index (κ1) is 21.3. The normalized spacial score (nSPS) is 11.1. The first-order valence-corrected chi connectivity index (χ1v) is 10.2. The Morgan fingerprint density at radius 3 is 2.78 bits per heavy atom. The number of benzene rings is 1. The zero-order valence-corrected chi connectivity index (χ0v) is 17.7. The van der Waals surface area contributed by atoms with Crippen molar-refractivity contribution in [2.75, 3.05) is 6.61 Å². The molecule has 0 fully saturated rings. The second-order valence-corrected chi connectivity index (χ2v) is 7.13. The van der Waals surface area contributed by atoms with E-state index in [1.807, 2.05) is 6.92 Å². The molecule has 4 aromatic rings. The van der Waals surface area contributed by atoms with E-state index in [1.165, 1.54) is 21.4 Å². The van der Waals surface area contributed by atoms with Crippen LogP contribution in [0.3, 0.4) is 0 Å². The summed E-state index contributed by atoms with van der Waals surface area (Å²) in [5, 5.41) is 11.5. The lowest BCUT2D eigenvalue weighted by atomic mass is 10.2. The van der Waals surface area contributed by atoms with Crippen molar-refractivity contribution in [3.63, 3.8) is 0 Å². The largest absolute Gasteiger partial charge is 0.465 e. The highest BCUT2D eigenvalue weighted by molar-refractivity contribution is 5.78. The molecule has 4 rings (SSSR count). The van der Waals surface area contributed by atoms with Gasteiger partial charge in [-0.15, -0.1) is 0 Å². The molecule has 1 aromatic carbocycles. The summed E-state index contributed by atoms with van der Waals surface area (Å²) >= 11 is 0. The van der Waals surface area contributed by atoms with E-state index in [0.717, 1.165) is 12.8 Å². The zero-order chi connectivity index (χ0) is 22.5.